The minimum atomic E-state index is -0.500. The van der Waals surface area contributed by atoms with Crippen LogP contribution in [0.5, 0.6) is 0 Å². The number of carbonyl (C=O) groups is 1. The van der Waals surface area contributed by atoms with Gasteiger partial charge in [-0.2, -0.15) is 4.99 Å². The molecule has 0 atom stereocenters. The first-order chi connectivity index (χ1) is 20.1. The fourth-order valence-electron chi connectivity index (χ4n) is 3.40. The zero-order chi connectivity index (χ0) is 30.9. The summed E-state index contributed by atoms with van der Waals surface area (Å²) in [6.07, 6.45) is 12.0. The SMILES string of the molecule is CCCCc1ncc(CC(=O)Cc2ccc(I)cc2F)s1.CCCCc1ncc(N)s1.O=C=Nc1ccc(I)cc1F. The van der Waals surface area contributed by atoms with Crippen molar-refractivity contribution in [2.45, 2.75) is 65.2 Å². The van der Waals surface area contributed by atoms with Gasteiger partial charge in [-0.1, -0.05) is 32.8 Å². The average molecular weight is 837 g/mol. The Bertz CT molecular complexity index is 1470. The van der Waals surface area contributed by atoms with E-state index >= 15 is 0 Å². The Morgan fingerprint density at radius 3 is 2.05 bits per heavy atom. The molecule has 2 aromatic heterocycles. The van der Waals surface area contributed by atoms with E-state index in [1.807, 2.05) is 28.7 Å². The van der Waals surface area contributed by atoms with E-state index in [4.69, 9.17) is 5.73 Å². The molecule has 224 valence electrons. The molecule has 2 N–H and O–H groups in total. The lowest BCUT2D eigenvalue weighted by atomic mass is 10.1. The molecule has 0 aliphatic rings. The summed E-state index contributed by atoms with van der Waals surface area (Å²) in [5, 5.41) is 3.07. The highest BCUT2D eigenvalue weighted by molar-refractivity contribution is 14.1. The van der Waals surface area contributed by atoms with Crippen molar-refractivity contribution < 1.29 is 18.4 Å². The largest absolute Gasteiger partial charge is 0.389 e. The number of aromatic nitrogens is 2. The van der Waals surface area contributed by atoms with Crippen molar-refractivity contribution in [2.75, 3.05) is 5.73 Å². The van der Waals surface area contributed by atoms with Crippen molar-refractivity contribution >= 4 is 90.4 Å². The van der Waals surface area contributed by atoms with E-state index in [0.717, 1.165) is 47.7 Å². The number of Topliss-reactive ketones (excluding diaryl/α,β-unsaturated/α-hetero) is 1. The number of nitrogens with two attached hydrogens (primary N) is 1. The molecule has 0 radical (unpaired) electrons. The van der Waals surface area contributed by atoms with Crippen molar-refractivity contribution in [2.24, 2.45) is 4.99 Å². The molecule has 0 spiro atoms. The molecule has 0 aliphatic carbocycles. The quantitative estimate of drug-likeness (QED) is 0.0925. The van der Waals surface area contributed by atoms with Crippen molar-refractivity contribution in [1.29, 1.82) is 0 Å². The minimum Gasteiger partial charge on any atom is -0.389 e. The Morgan fingerprint density at radius 2 is 1.50 bits per heavy atom. The molecule has 0 aliphatic heterocycles. The van der Waals surface area contributed by atoms with Gasteiger partial charge in [-0.3, -0.25) is 4.79 Å². The number of nitrogen functional groups attached to an aromatic ring is 1. The van der Waals surface area contributed by atoms with Gasteiger partial charge in [0.2, 0.25) is 6.08 Å². The van der Waals surface area contributed by atoms with Crippen LogP contribution in [-0.4, -0.2) is 21.8 Å². The third-order valence-electron chi connectivity index (χ3n) is 5.51. The smallest absolute Gasteiger partial charge is 0.240 e. The number of aryl methyl sites for hydroxylation is 2. The number of isocyanates is 1. The standard InChI is InChI=1S/C16H17FINOS.C7H3FINO.C7H12N2S/c1-2-3-4-16-19-10-14(21-16)9-13(20)7-11-5-6-12(18)8-15(11)17;8-6-3-5(9)1-2-7(6)10-4-11;1-2-3-4-7-9-5-6(8)10-7/h5-6,8,10H,2-4,7,9H2,1H3;1-3H;5H,2-4,8H2,1H3. The maximum Gasteiger partial charge on any atom is 0.240 e. The van der Waals surface area contributed by atoms with Gasteiger partial charge in [-0.25, -0.2) is 23.5 Å². The topological polar surface area (TPSA) is 98.3 Å². The lowest BCUT2D eigenvalue weighted by Gasteiger charge is -2.02. The summed E-state index contributed by atoms with van der Waals surface area (Å²) in [6, 6.07) is 9.37. The second kappa shape index (κ2) is 19.9. The number of halogens is 4. The van der Waals surface area contributed by atoms with Gasteiger partial charge in [-0.15, -0.1) is 22.7 Å². The normalized spacial score (nSPS) is 10.1. The van der Waals surface area contributed by atoms with E-state index in [0.29, 0.717) is 12.0 Å². The summed E-state index contributed by atoms with van der Waals surface area (Å²) in [4.78, 5) is 34.4. The highest BCUT2D eigenvalue weighted by Crippen LogP contribution is 2.20. The van der Waals surface area contributed by atoms with Gasteiger partial charge in [0.15, 0.2) is 5.82 Å². The Labute approximate surface area is 280 Å². The van der Waals surface area contributed by atoms with Crippen LogP contribution in [0.25, 0.3) is 0 Å². The van der Waals surface area contributed by atoms with Gasteiger partial charge in [0.05, 0.1) is 16.2 Å². The fourth-order valence-corrected chi connectivity index (χ4v) is 6.03. The van der Waals surface area contributed by atoms with E-state index in [2.05, 4.69) is 51.4 Å². The summed E-state index contributed by atoms with van der Waals surface area (Å²) in [5.41, 5.74) is 6.00. The third kappa shape index (κ3) is 13.9. The maximum atomic E-state index is 13.7. The Balaban J connectivity index is 0.000000246. The summed E-state index contributed by atoms with van der Waals surface area (Å²) in [5.74, 6) is -0.774. The van der Waals surface area contributed by atoms with E-state index in [1.54, 1.807) is 47.2 Å². The highest BCUT2D eigenvalue weighted by Gasteiger charge is 2.11. The highest BCUT2D eigenvalue weighted by atomic mass is 127. The van der Waals surface area contributed by atoms with Crippen LogP contribution in [0.15, 0.2) is 53.8 Å². The van der Waals surface area contributed by atoms with Crippen LogP contribution in [0.2, 0.25) is 0 Å². The van der Waals surface area contributed by atoms with Crippen LogP contribution in [0.1, 0.15) is 60.0 Å². The molecule has 0 saturated heterocycles. The molecule has 2 aromatic carbocycles. The molecular formula is C30H32F2I2N4O2S2. The van der Waals surface area contributed by atoms with Gasteiger partial charge in [0.25, 0.3) is 0 Å². The zero-order valence-corrected chi connectivity index (χ0v) is 29.3. The third-order valence-corrected chi connectivity index (χ3v) is 8.80. The molecule has 4 aromatic rings. The predicted molar refractivity (Wildman–Crippen MR) is 184 cm³/mol. The number of hydrogen-bond donors (Lipinski definition) is 1. The maximum absolute atomic E-state index is 13.7. The predicted octanol–water partition coefficient (Wildman–Crippen LogP) is 9.05. The number of ketones is 1. The number of nitrogens with zero attached hydrogens (tertiary/aromatic N) is 3. The molecule has 4 rings (SSSR count). The second-order valence-electron chi connectivity index (χ2n) is 9.01. The first-order valence-corrected chi connectivity index (χ1v) is 17.1. The van der Waals surface area contributed by atoms with Gasteiger partial charge < -0.3 is 5.73 Å². The number of aliphatic imine (C=N–C) groups is 1. The first-order valence-electron chi connectivity index (χ1n) is 13.3. The van der Waals surface area contributed by atoms with Crippen molar-refractivity contribution in [3.05, 3.63) is 88.0 Å². The van der Waals surface area contributed by atoms with Gasteiger partial charge in [-0.05, 0) is 107 Å². The summed E-state index contributed by atoms with van der Waals surface area (Å²) >= 11 is 7.21. The molecule has 12 heteroatoms. The zero-order valence-electron chi connectivity index (χ0n) is 23.3. The van der Waals surface area contributed by atoms with E-state index in [-0.39, 0.29) is 23.7 Å². The first kappa shape index (κ1) is 36.1. The van der Waals surface area contributed by atoms with Crippen LogP contribution < -0.4 is 5.73 Å². The molecule has 0 fully saturated rings. The van der Waals surface area contributed by atoms with Crippen LogP contribution in [0, 0.1) is 18.8 Å². The fraction of sp³-hybridized carbons (Fsp3) is 0.333. The molecule has 2 heterocycles. The molecule has 0 amide bonds. The van der Waals surface area contributed by atoms with Gasteiger partial charge >= 0.3 is 0 Å². The van der Waals surface area contributed by atoms with Crippen molar-refractivity contribution in [3.8, 4) is 0 Å². The number of carbonyl (C=O) groups excluding carboxylic acids is 2. The molecule has 6 nitrogen and oxygen atoms in total. The molecule has 0 bridgehead atoms. The molecular weight excluding hydrogens is 804 g/mol. The minimum absolute atomic E-state index is 0.0282. The van der Waals surface area contributed by atoms with Crippen LogP contribution in [-0.2, 0) is 35.3 Å². The van der Waals surface area contributed by atoms with Crippen molar-refractivity contribution in [1.82, 2.24) is 9.97 Å². The van der Waals surface area contributed by atoms with Gasteiger partial charge in [0, 0.05) is 31.1 Å². The summed E-state index contributed by atoms with van der Waals surface area (Å²) in [7, 11) is 0. The number of rotatable bonds is 11. The van der Waals surface area contributed by atoms with Crippen LogP contribution in [0.4, 0.5) is 19.5 Å². The lowest BCUT2D eigenvalue weighted by Crippen LogP contribution is -2.07. The Morgan fingerprint density at radius 1 is 0.905 bits per heavy atom. The Hall–Kier alpha value is -2.13. The summed E-state index contributed by atoms with van der Waals surface area (Å²) in [6.45, 7) is 4.32. The van der Waals surface area contributed by atoms with E-state index in [1.165, 1.54) is 42.1 Å². The molecule has 0 unspecified atom stereocenters. The van der Waals surface area contributed by atoms with Crippen LogP contribution in [0.3, 0.4) is 0 Å². The monoisotopic (exact) mass is 836 g/mol. The Kier molecular flexibility index (Phi) is 17.1. The van der Waals surface area contributed by atoms with Crippen molar-refractivity contribution in [3.63, 3.8) is 0 Å². The number of anilines is 1. The molecule has 0 saturated carbocycles. The number of hydrogen-bond acceptors (Lipinski definition) is 8. The number of thiazole rings is 2. The van der Waals surface area contributed by atoms with Crippen LogP contribution >= 0.6 is 67.9 Å². The summed E-state index contributed by atoms with van der Waals surface area (Å²) < 4.78 is 28.1. The number of unbranched alkanes of at least 4 members (excludes halogenated alkanes) is 2. The molecule has 42 heavy (non-hydrogen) atoms. The second-order valence-corrected chi connectivity index (χ2v) is 13.8. The van der Waals surface area contributed by atoms with E-state index < -0.39 is 5.82 Å². The van der Waals surface area contributed by atoms with E-state index in [9.17, 15) is 18.4 Å². The van der Waals surface area contributed by atoms with Gasteiger partial charge in [0.1, 0.15) is 22.3 Å². The number of benzene rings is 2. The lowest BCUT2D eigenvalue weighted by molar-refractivity contribution is -0.117. The average Bonchev–Trinajstić information content (AvgIpc) is 3.58.